The molecule has 0 fully saturated rings. The van der Waals surface area contributed by atoms with Gasteiger partial charge in [-0.3, -0.25) is 0 Å². The number of alkyl halides is 2. The van der Waals surface area contributed by atoms with E-state index in [4.69, 9.17) is 11.6 Å². The van der Waals surface area contributed by atoms with Crippen LogP contribution in [0.5, 0.6) is 0 Å². The summed E-state index contributed by atoms with van der Waals surface area (Å²) < 4.78 is 28.0. The van der Waals surface area contributed by atoms with Crippen LogP contribution in [-0.4, -0.2) is 6.54 Å². The zero-order chi connectivity index (χ0) is 13.9. The SMILES string of the molecule is Cc1cccc(Cl)c1NCC(F)(F)c1ccccc1. The Morgan fingerprint density at radius 2 is 1.74 bits per heavy atom. The molecule has 0 saturated carbocycles. The number of hydrogen-bond donors (Lipinski definition) is 1. The molecule has 0 saturated heterocycles. The summed E-state index contributed by atoms with van der Waals surface area (Å²) in [6.45, 7) is 1.34. The highest BCUT2D eigenvalue weighted by atomic mass is 35.5. The highest BCUT2D eigenvalue weighted by Crippen LogP contribution is 2.31. The first-order valence-electron chi connectivity index (χ1n) is 5.93. The first-order valence-corrected chi connectivity index (χ1v) is 6.31. The summed E-state index contributed by atoms with van der Waals surface area (Å²) in [6.07, 6.45) is 0. The molecule has 1 nitrogen and oxygen atoms in total. The molecule has 19 heavy (non-hydrogen) atoms. The first-order chi connectivity index (χ1) is 9.00. The summed E-state index contributed by atoms with van der Waals surface area (Å²) in [7, 11) is 0. The third-order valence-electron chi connectivity index (χ3n) is 2.91. The van der Waals surface area contributed by atoms with Crippen LogP contribution in [0.4, 0.5) is 14.5 Å². The fourth-order valence-corrected chi connectivity index (χ4v) is 2.13. The molecule has 2 aromatic carbocycles. The van der Waals surface area contributed by atoms with Gasteiger partial charge in [0.05, 0.1) is 17.3 Å². The molecule has 1 N–H and O–H groups in total. The van der Waals surface area contributed by atoms with Gasteiger partial charge in [0.2, 0.25) is 0 Å². The molecular weight excluding hydrogens is 268 g/mol. The fourth-order valence-electron chi connectivity index (χ4n) is 1.84. The van der Waals surface area contributed by atoms with Crippen LogP contribution in [0.2, 0.25) is 5.02 Å². The molecular formula is C15H14ClF2N. The second-order valence-electron chi connectivity index (χ2n) is 4.36. The van der Waals surface area contributed by atoms with E-state index in [0.717, 1.165) is 5.56 Å². The molecule has 0 spiro atoms. The smallest absolute Gasteiger partial charge is 0.290 e. The van der Waals surface area contributed by atoms with Gasteiger partial charge in [-0.05, 0) is 18.6 Å². The number of benzene rings is 2. The van der Waals surface area contributed by atoms with Gasteiger partial charge in [-0.25, -0.2) is 0 Å². The molecule has 2 rings (SSSR count). The van der Waals surface area contributed by atoms with Crippen molar-refractivity contribution in [2.24, 2.45) is 0 Å². The van der Waals surface area contributed by atoms with Gasteiger partial charge in [0.1, 0.15) is 0 Å². The van der Waals surface area contributed by atoms with Crippen molar-refractivity contribution in [1.82, 2.24) is 0 Å². The predicted molar refractivity (Wildman–Crippen MR) is 75.0 cm³/mol. The molecule has 2 aromatic rings. The van der Waals surface area contributed by atoms with Crippen molar-refractivity contribution in [3.63, 3.8) is 0 Å². The van der Waals surface area contributed by atoms with Crippen LogP contribution in [0.1, 0.15) is 11.1 Å². The third kappa shape index (κ3) is 3.24. The number of nitrogens with one attached hydrogen (secondary N) is 1. The van der Waals surface area contributed by atoms with E-state index in [0.29, 0.717) is 10.7 Å². The molecule has 0 aliphatic heterocycles. The summed E-state index contributed by atoms with van der Waals surface area (Å²) in [5.41, 5.74) is 1.39. The number of halogens is 3. The maximum Gasteiger partial charge on any atom is 0.290 e. The highest BCUT2D eigenvalue weighted by Gasteiger charge is 2.31. The van der Waals surface area contributed by atoms with Crippen LogP contribution in [0, 0.1) is 6.92 Å². The van der Waals surface area contributed by atoms with Crippen LogP contribution >= 0.6 is 11.6 Å². The summed E-state index contributed by atoms with van der Waals surface area (Å²) in [6, 6.07) is 13.0. The number of aryl methyl sites for hydroxylation is 1. The number of para-hydroxylation sites is 1. The summed E-state index contributed by atoms with van der Waals surface area (Å²) in [5.74, 6) is -2.94. The standard InChI is InChI=1S/C15H14ClF2N/c1-11-6-5-9-13(16)14(11)19-10-15(17,18)12-7-3-2-4-8-12/h2-9,19H,10H2,1H3. The van der Waals surface area contributed by atoms with Gasteiger partial charge in [0, 0.05) is 5.56 Å². The Balaban J connectivity index is 2.14. The molecule has 0 aliphatic carbocycles. The maximum atomic E-state index is 14.0. The van der Waals surface area contributed by atoms with Crippen molar-refractivity contribution in [3.8, 4) is 0 Å². The third-order valence-corrected chi connectivity index (χ3v) is 3.22. The van der Waals surface area contributed by atoms with E-state index < -0.39 is 12.5 Å². The van der Waals surface area contributed by atoms with Crippen molar-refractivity contribution in [1.29, 1.82) is 0 Å². The van der Waals surface area contributed by atoms with Crippen LogP contribution in [0.15, 0.2) is 48.5 Å². The molecule has 0 heterocycles. The maximum absolute atomic E-state index is 14.0. The monoisotopic (exact) mass is 281 g/mol. The normalized spacial score (nSPS) is 11.4. The lowest BCUT2D eigenvalue weighted by Crippen LogP contribution is -2.25. The van der Waals surface area contributed by atoms with Crippen molar-refractivity contribution in [3.05, 3.63) is 64.7 Å². The topological polar surface area (TPSA) is 12.0 Å². The highest BCUT2D eigenvalue weighted by molar-refractivity contribution is 6.33. The average molecular weight is 282 g/mol. The Morgan fingerprint density at radius 1 is 1.05 bits per heavy atom. The lowest BCUT2D eigenvalue weighted by molar-refractivity contribution is 0.0106. The molecule has 0 aromatic heterocycles. The predicted octanol–water partition coefficient (Wildman–Crippen LogP) is 4.85. The van der Waals surface area contributed by atoms with E-state index in [1.54, 1.807) is 30.3 Å². The number of hydrogen-bond acceptors (Lipinski definition) is 1. The molecule has 4 heteroatoms. The largest absolute Gasteiger partial charge is 0.377 e. The first kappa shape index (κ1) is 13.8. The summed E-state index contributed by atoms with van der Waals surface area (Å²) >= 11 is 6.00. The summed E-state index contributed by atoms with van der Waals surface area (Å²) in [4.78, 5) is 0. The minimum atomic E-state index is -2.94. The zero-order valence-electron chi connectivity index (χ0n) is 10.5. The van der Waals surface area contributed by atoms with E-state index in [-0.39, 0.29) is 5.56 Å². The van der Waals surface area contributed by atoms with Crippen LogP contribution in [0.3, 0.4) is 0 Å². The minimum Gasteiger partial charge on any atom is -0.377 e. The van der Waals surface area contributed by atoms with E-state index >= 15 is 0 Å². The van der Waals surface area contributed by atoms with Crippen molar-refractivity contribution in [2.75, 3.05) is 11.9 Å². The van der Waals surface area contributed by atoms with E-state index in [1.165, 1.54) is 12.1 Å². The zero-order valence-corrected chi connectivity index (χ0v) is 11.2. The molecule has 0 radical (unpaired) electrons. The van der Waals surface area contributed by atoms with Gasteiger partial charge in [0.25, 0.3) is 5.92 Å². The second kappa shape index (κ2) is 5.57. The number of rotatable bonds is 4. The van der Waals surface area contributed by atoms with Gasteiger partial charge in [-0.1, -0.05) is 54.1 Å². The second-order valence-corrected chi connectivity index (χ2v) is 4.76. The van der Waals surface area contributed by atoms with Crippen LogP contribution in [-0.2, 0) is 5.92 Å². The molecule has 0 unspecified atom stereocenters. The molecule has 100 valence electrons. The van der Waals surface area contributed by atoms with E-state index in [9.17, 15) is 8.78 Å². The van der Waals surface area contributed by atoms with Gasteiger partial charge >= 0.3 is 0 Å². The van der Waals surface area contributed by atoms with Gasteiger partial charge < -0.3 is 5.32 Å². The van der Waals surface area contributed by atoms with Crippen molar-refractivity contribution >= 4 is 17.3 Å². The molecule has 0 atom stereocenters. The minimum absolute atomic E-state index is 0.00722. The van der Waals surface area contributed by atoms with Gasteiger partial charge in [0.15, 0.2) is 0 Å². The lowest BCUT2D eigenvalue weighted by Gasteiger charge is -2.19. The Labute approximate surface area is 116 Å². The molecule has 0 amide bonds. The Hall–Kier alpha value is -1.61. The lowest BCUT2D eigenvalue weighted by atomic mass is 10.1. The number of anilines is 1. The summed E-state index contributed by atoms with van der Waals surface area (Å²) in [5, 5.41) is 3.19. The molecule has 0 aliphatic rings. The van der Waals surface area contributed by atoms with Crippen LogP contribution in [0.25, 0.3) is 0 Å². The van der Waals surface area contributed by atoms with E-state index in [2.05, 4.69) is 5.32 Å². The quantitative estimate of drug-likeness (QED) is 0.844. The van der Waals surface area contributed by atoms with Gasteiger partial charge in [-0.15, -0.1) is 0 Å². The van der Waals surface area contributed by atoms with Crippen molar-refractivity contribution in [2.45, 2.75) is 12.8 Å². The van der Waals surface area contributed by atoms with Crippen molar-refractivity contribution < 1.29 is 8.78 Å². The Morgan fingerprint density at radius 3 is 2.37 bits per heavy atom. The average Bonchev–Trinajstić information content (AvgIpc) is 2.39. The Bertz CT molecular complexity index is 535. The van der Waals surface area contributed by atoms with Gasteiger partial charge in [-0.2, -0.15) is 8.78 Å². The van der Waals surface area contributed by atoms with E-state index in [1.807, 2.05) is 13.0 Å². The molecule has 0 bridgehead atoms. The Kier molecular flexibility index (Phi) is 4.05. The fraction of sp³-hybridized carbons (Fsp3) is 0.200. The van der Waals surface area contributed by atoms with Crippen LogP contribution < -0.4 is 5.32 Å².